The van der Waals surface area contributed by atoms with Crippen molar-refractivity contribution in [3.05, 3.63) is 50.6 Å². The molecule has 2 amide bonds. The minimum Gasteiger partial charge on any atom is -0.351 e. The normalized spacial score (nSPS) is 22.2. The van der Waals surface area contributed by atoms with Crippen molar-refractivity contribution in [1.29, 1.82) is 0 Å². The molecule has 3 N–H and O–H groups in total. The smallest absolute Gasteiger partial charge is 0.280 e. The van der Waals surface area contributed by atoms with E-state index in [4.69, 9.17) is 11.6 Å². The first-order valence-electron chi connectivity index (χ1n) is 12.8. The van der Waals surface area contributed by atoms with Crippen LogP contribution in [0, 0.1) is 5.92 Å². The Labute approximate surface area is 231 Å². The lowest BCUT2D eigenvalue weighted by Crippen LogP contribution is -2.54. The molecule has 0 spiro atoms. The number of H-pyrrole nitrogens is 1. The summed E-state index contributed by atoms with van der Waals surface area (Å²) in [7, 11) is -1.03. The summed E-state index contributed by atoms with van der Waals surface area (Å²) < 4.78 is 23.5. The molecule has 1 saturated carbocycles. The Morgan fingerprint density at radius 3 is 2.76 bits per heavy atom. The molecule has 0 bridgehead atoms. The number of rotatable bonds is 7. The van der Waals surface area contributed by atoms with Crippen LogP contribution in [0.25, 0.3) is 10.9 Å². The van der Waals surface area contributed by atoms with Gasteiger partial charge in [-0.05, 0) is 62.9 Å². The Morgan fingerprint density at radius 1 is 1.18 bits per heavy atom. The van der Waals surface area contributed by atoms with Crippen LogP contribution < -0.4 is 10.6 Å². The fraction of sp³-hybridized carbons (Fsp3) is 0.500. The van der Waals surface area contributed by atoms with Crippen molar-refractivity contribution in [3.63, 3.8) is 0 Å². The first-order chi connectivity index (χ1) is 18.0. The number of nitrogens with zero attached hydrogens (tertiary/aromatic N) is 2. The van der Waals surface area contributed by atoms with Crippen LogP contribution in [-0.4, -0.2) is 72.8 Å². The maximum Gasteiger partial charge on any atom is 0.280 e. The third kappa shape index (κ3) is 6.39. The average molecular weight is 578 g/mol. The molecule has 0 saturated heterocycles. The van der Waals surface area contributed by atoms with E-state index < -0.39 is 9.84 Å². The highest BCUT2D eigenvalue weighted by atomic mass is 35.5. The Hall–Kier alpha value is -2.47. The molecule has 2 aromatic heterocycles. The van der Waals surface area contributed by atoms with Crippen LogP contribution in [0.2, 0.25) is 5.02 Å². The molecule has 3 heterocycles. The van der Waals surface area contributed by atoms with Gasteiger partial charge in [0.15, 0.2) is 5.01 Å². The molecule has 3 aromatic rings. The van der Waals surface area contributed by atoms with Crippen LogP contribution in [-0.2, 0) is 22.8 Å². The molecule has 0 radical (unpaired) electrons. The molecule has 12 heteroatoms. The van der Waals surface area contributed by atoms with Crippen molar-refractivity contribution >= 4 is 55.5 Å². The van der Waals surface area contributed by atoms with E-state index in [0.717, 1.165) is 47.4 Å². The quantitative estimate of drug-likeness (QED) is 0.395. The summed E-state index contributed by atoms with van der Waals surface area (Å²) in [4.78, 5) is 37.5. The summed E-state index contributed by atoms with van der Waals surface area (Å²) in [5.41, 5.74) is 2.22. The lowest BCUT2D eigenvalue weighted by molar-refractivity contribution is 0.0841. The fourth-order valence-corrected chi connectivity index (χ4v) is 7.39. The molecule has 1 fully saturated rings. The van der Waals surface area contributed by atoms with Gasteiger partial charge in [0.05, 0.1) is 11.4 Å². The number of fused-ring (bicyclic) bond motifs is 2. The summed E-state index contributed by atoms with van der Waals surface area (Å²) in [6, 6.07) is 6.52. The first kappa shape index (κ1) is 27.1. The number of hydrogen-bond donors (Lipinski definition) is 3. The number of likely N-dealkylation sites (N-methyl/N-ethyl adjacent to an activating group) is 1. The van der Waals surface area contributed by atoms with Gasteiger partial charge in [-0.15, -0.1) is 11.3 Å². The zero-order valence-corrected chi connectivity index (χ0v) is 23.8. The number of carbonyl (C=O) groups excluding carboxylic acids is 2. The zero-order chi connectivity index (χ0) is 27.0. The second kappa shape index (κ2) is 11.0. The molecular weight excluding hydrogens is 546 g/mol. The predicted octanol–water partition coefficient (Wildman–Crippen LogP) is 3.40. The number of thiazole rings is 1. The summed E-state index contributed by atoms with van der Waals surface area (Å²) >= 11 is 7.51. The van der Waals surface area contributed by atoms with E-state index >= 15 is 0 Å². The highest BCUT2D eigenvalue weighted by Gasteiger charge is 2.34. The van der Waals surface area contributed by atoms with Crippen molar-refractivity contribution in [3.8, 4) is 0 Å². The monoisotopic (exact) mass is 577 g/mol. The molecule has 2 aliphatic rings. The van der Waals surface area contributed by atoms with E-state index in [1.807, 2.05) is 6.07 Å². The molecular formula is C26H32ClN5O4S2. The molecule has 9 nitrogen and oxygen atoms in total. The maximum atomic E-state index is 13.3. The van der Waals surface area contributed by atoms with Gasteiger partial charge in [0.25, 0.3) is 11.8 Å². The molecule has 5 rings (SSSR count). The van der Waals surface area contributed by atoms with Crippen molar-refractivity contribution < 1.29 is 18.0 Å². The van der Waals surface area contributed by atoms with E-state index in [2.05, 4.69) is 32.5 Å². The van der Waals surface area contributed by atoms with E-state index in [1.54, 1.807) is 18.2 Å². The SMILES string of the molecule is CN1CCc2nc(C(=O)N[C@@H]3C[C@@H](CCS(C)(=O)=O)CC[C@@H]3NC(=O)c3cc4cc(Cl)ccc4[nH]3)sc2C1. The molecule has 1 aromatic carbocycles. The number of benzene rings is 1. The van der Waals surface area contributed by atoms with Crippen LogP contribution in [0.5, 0.6) is 0 Å². The first-order valence-corrected chi connectivity index (χ1v) is 16.0. The van der Waals surface area contributed by atoms with Crippen LogP contribution in [0.15, 0.2) is 24.3 Å². The summed E-state index contributed by atoms with van der Waals surface area (Å²) in [6.45, 7) is 1.70. The third-order valence-electron chi connectivity index (χ3n) is 7.43. The van der Waals surface area contributed by atoms with Gasteiger partial charge < -0.3 is 20.5 Å². The zero-order valence-electron chi connectivity index (χ0n) is 21.4. The van der Waals surface area contributed by atoms with Gasteiger partial charge in [-0.2, -0.15) is 0 Å². The number of amides is 2. The van der Waals surface area contributed by atoms with Crippen molar-refractivity contribution in [1.82, 2.24) is 25.5 Å². The predicted molar refractivity (Wildman–Crippen MR) is 150 cm³/mol. The summed E-state index contributed by atoms with van der Waals surface area (Å²) in [5, 5.41) is 8.10. The number of sulfone groups is 1. The fourth-order valence-electron chi connectivity index (χ4n) is 5.36. The van der Waals surface area contributed by atoms with Gasteiger partial charge in [0, 0.05) is 58.7 Å². The van der Waals surface area contributed by atoms with Crippen molar-refractivity contribution in [2.45, 2.75) is 50.7 Å². The van der Waals surface area contributed by atoms with Crippen LogP contribution in [0.3, 0.4) is 0 Å². The second-order valence-corrected chi connectivity index (χ2v) is 14.3. The lowest BCUT2D eigenvalue weighted by atomic mass is 9.81. The van der Waals surface area contributed by atoms with E-state index in [0.29, 0.717) is 35.0 Å². The molecule has 0 unspecified atom stereocenters. The van der Waals surface area contributed by atoms with Gasteiger partial charge >= 0.3 is 0 Å². The topological polar surface area (TPSA) is 124 Å². The molecule has 1 aliphatic heterocycles. The Kier molecular flexibility index (Phi) is 7.82. The van der Waals surface area contributed by atoms with Gasteiger partial charge in [0.1, 0.15) is 15.5 Å². The van der Waals surface area contributed by atoms with E-state index in [9.17, 15) is 18.0 Å². The minimum absolute atomic E-state index is 0.111. The number of halogens is 1. The van der Waals surface area contributed by atoms with Gasteiger partial charge in [0.2, 0.25) is 0 Å². The molecule has 204 valence electrons. The minimum atomic E-state index is -3.08. The number of aromatic amines is 1. The Bertz CT molecular complexity index is 1470. The van der Waals surface area contributed by atoms with E-state index in [-0.39, 0.29) is 35.6 Å². The average Bonchev–Trinajstić information content (AvgIpc) is 3.47. The highest BCUT2D eigenvalue weighted by Crippen LogP contribution is 2.30. The lowest BCUT2D eigenvalue weighted by Gasteiger charge is -2.37. The molecule has 3 atom stereocenters. The van der Waals surface area contributed by atoms with Crippen LogP contribution in [0.1, 0.15) is 56.5 Å². The largest absolute Gasteiger partial charge is 0.351 e. The Morgan fingerprint density at radius 2 is 1.97 bits per heavy atom. The third-order valence-corrected chi connectivity index (χ3v) is 9.73. The number of nitrogens with one attached hydrogen (secondary N) is 3. The van der Waals surface area contributed by atoms with Crippen LogP contribution in [0.4, 0.5) is 0 Å². The molecule has 38 heavy (non-hydrogen) atoms. The van der Waals surface area contributed by atoms with E-state index in [1.165, 1.54) is 17.6 Å². The highest BCUT2D eigenvalue weighted by molar-refractivity contribution is 7.90. The van der Waals surface area contributed by atoms with Gasteiger partial charge in [-0.3, -0.25) is 9.59 Å². The van der Waals surface area contributed by atoms with Crippen molar-refractivity contribution in [2.24, 2.45) is 5.92 Å². The van der Waals surface area contributed by atoms with Crippen molar-refractivity contribution in [2.75, 3.05) is 25.6 Å². The summed E-state index contributed by atoms with van der Waals surface area (Å²) in [5.74, 6) is -0.263. The van der Waals surface area contributed by atoms with Gasteiger partial charge in [-0.25, -0.2) is 13.4 Å². The number of hydrogen-bond acceptors (Lipinski definition) is 7. The number of carbonyl (C=O) groups is 2. The Balaban J connectivity index is 1.32. The standard InChI is InChI=1S/C26H32ClN5O4S2/c1-32-9-7-20-23(14-32)37-26(31-20)25(34)30-21-11-15(8-10-38(2,35)36)3-5-19(21)29-24(33)22-13-16-12-17(27)4-6-18(16)28-22/h4,6,12-13,15,19,21,28H,3,5,7-11,14H2,1-2H3,(H,29,33)(H,30,34)/t15-,19+,21-/m1/s1. The second-order valence-electron chi connectivity index (χ2n) is 10.5. The van der Waals surface area contributed by atoms with Crippen LogP contribution >= 0.6 is 22.9 Å². The molecule has 1 aliphatic carbocycles. The maximum absolute atomic E-state index is 13.3. The number of aromatic nitrogens is 2. The van der Waals surface area contributed by atoms with Gasteiger partial charge in [-0.1, -0.05) is 11.6 Å². The summed E-state index contributed by atoms with van der Waals surface area (Å²) in [6.07, 6.45) is 4.59.